The van der Waals surface area contributed by atoms with Gasteiger partial charge in [0.05, 0.1) is 13.2 Å². The summed E-state index contributed by atoms with van der Waals surface area (Å²) in [4.78, 5) is 13.9. The molecule has 5 heteroatoms. The van der Waals surface area contributed by atoms with Crippen LogP contribution in [0.15, 0.2) is 18.2 Å². The number of aromatic hydroxyl groups is 1. The van der Waals surface area contributed by atoms with Crippen molar-refractivity contribution in [3.8, 4) is 11.5 Å². The molecule has 0 spiro atoms. The Balaban J connectivity index is 2.14. The standard InChI is InChI=1S/C14H20N2O3/c1-15-14(18)11-6-4-8-16(11)9-10-5-3-7-12(19-2)13(10)17/h3,5,7,11,17H,4,6,8-9H2,1-2H3,(H,15,18). The van der Waals surface area contributed by atoms with Crippen LogP contribution in [0.5, 0.6) is 11.5 Å². The van der Waals surface area contributed by atoms with Gasteiger partial charge in [0, 0.05) is 19.2 Å². The maximum absolute atomic E-state index is 11.8. The van der Waals surface area contributed by atoms with Crippen LogP contribution in [0.4, 0.5) is 0 Å². The highest BCUT2D eigenvalue weighted by Crippen LogP contribution is 2.31. The Morgan fingerprint density at radius 1 is 1.58 bits per heavy atom. The first-order valence-corrected chi connectivity index (χ1v) is 6.48. The van der Waals surface area contributed by atoms with Gasteiger partial charge in [-0.25, -0.2) is 0 Å². The van der Waals surface area contributed by atoms with E-state index in [0.29, 0.717) is 12.3 Å². The molecule has 104 valence electrons. The summed E-state index contributed by atoms with van der Waals surface area (Å²) >= 11 is 0. The first-order valence-electron chi connectivity index (χ1n) is 6.48. The van der Waals surface area contributed by atoms with Crippen LogP contribution in [0.25, 0.3) is 0 Å². The lowest BCUT2D eigenvalue weighted by molar-refractivity contribution is -0.125. The molecule has 0 aliphatic carbocycles. The van der Waals surface area contributed by atoms with E-state index in [4.69, 9.17) is 4.74 Å². The predicted octanol–water partition coefficient (Wildman–Crippen LogP) is 1.11. The van der Waals surface area contributed by atoms with Crippen LogP contribution in [0, 0.1) is 0 Å². The van der Waals surface area contributed by atoms with Gasteiger partial charge in [-0.2, -0.15) is 0 Å². The van der Waals surface area contributed by atoms with Gasteiger partial charge in [-0.15, -0.1) is 0 Å². The van der Waals surface area contributed by atoms with Crippen molar-refractivity contribution in [2.24, 2.45) is 0 Å². The summed E-state index contributed by atoms with van der Waals surface area (Å²) in [5.74, 6) is 0.667. The van der Waals surface area contributed by atoms with Gasteiger partial charge >= 0.3 is 0 Å². The Labute approximate surface area is 113 Å². The third-order valence-corrected chi connectivity index (χ3v) is 3.59. The number of likely N-dealkylation sites (tertiary alicyclic amines) is 1. The molecule has 1 atom stereocenters. The van der Waals surface area contributed by atoms with E-state index in [1.807, 2.05) is 12.1 Å². The van der Waals surface area contributed by atoms with Crippen LogP contribution in [0.2, 0.25) is 0 Å². The van der Waals surface area contributed by atoms with E-state index in [1.165, 1.54) is 7.11 Å². The molecule has 1 heterocycles. The third-order valence-electron chi connectivity index (χ3n) is 3.59. The molecule has 1 aromatic rings. The number of likely N-dealkylation sites (N-methyl/N-ethyl adjacent to an activating group) is 1. The maximum atomic E-state index is 11.8. The first kappa shape index (κ1) is 13.7. The molecule has 2 rings (SSSR count). The Hall–Kier alpha value is -1.75. The number of phenolic OH excluding ortho intramolecular Hbond substituents is 1. The number of phenols is 1. The molecule has 5 nitrogen and oxygen atoms in total. The van der Waals surface area contributed by atoms with Crippen LogP contribution in [-0.4, -0.2) is 42.7 Å². The highest BCUT2D eigenvalue weighted by Gasteiger charge is 2.30. The second-order valence-corrected chi connectivity index (χ2v) is 4.71. The summed E-state index contributed by atoms with van der Waals surface area (Å²) in [6, 6.07) is 5.32. The normalized spacial score (nSPS) is 19.4. The van der Waals surface area contributed by atoms with E-state index < -0.39 is 0 Å². The quantitative estimate of drug-likeness (QED) is 0.855. The molecular formula is C14H20N2O3. The average Bonchev–Trinajstić information content (AvgIpc) is 2.88. The van der Waals surface area contributed by atoms with Gasteiger partial charge in [0.2, 0.25) is 5.91 Å². The fourth-order valence-electron chi connectivity index (χ4n) is 2.56. The van der Waals surface area contributed by atoms with E-state index in [-0.39, 0.29) is 17.7 Å². The lowest BCUT2D eigenvalue weighted by Crippen LogP contribution is -2.41. The van der Waals surface area contributed by atoms with Gasteiger partial charge in [0.1, 0.15) is 0 Å². The van der Waals surface area contributed by atoms with Crippen molar-refractivity contribution in [2.75, 3.05) is 20.7 Å². The molecule has 1 aliphatic rings. The number of para-hydroxylation sites is 1. The average molecular weight is 264 g/mol. The summed E-state index contributed by atoms with van der Waals surface area (Å²) in [5, 5.41) is 12.8. The molecule has 0 aromatic heterocycles. The van der Waals surface area contributed by atoms with Crippen molar-refractivity contribution in [1.29, 1.82) is 0 Å². The summed E-state index contributed by atoms with van der Waals surface area (Å²) < 4.78 is 5.10. The number of rotatable bonds is 4. The van der Waals surface area contributed by atoms with Crippen LogP contribution in [0.3, 0.4) is 0 Å². The van der Waals surface area contributed by atoms with Crippen molar-refractivity contribution in [2.45, 2.75) is 25.4 Å². The van der Waals surface area contributed by atoms with E-state index in [1.54, 1.807) is 13.1 Å². The predicted molar refractivity (Wildman–Crippen MR) is 72.2 cm³/mol. The highest BCUT2D eigenvalue weighted by atomic mass is 16.5. The van der Waals surface area contributed by atoms with Gasteiger partial charge in [-0.3, -0.25) is 9.69 Å². The molecule has 2 N–H and O–H groups in total. The minimum Gasteiger partial charge on any atom is -0.504 e. The van der Waals surface area contributed by atoms with Crippen LogP contribution in [0.1, 0.15) is 18.4 Å². The second kappa shape index (κ2) is 5.93. The van der Waals surface area contributed by atoms with Gasteiger partial charge in [0.15, 0.2) is 11.5 Å². The third kappa shape index (κ3) is 2.81. The Bertz CT molecular complexity index is 462. The van der Waals surface area contributed by atoms with Crippen molar-refractivity contribution in [3.05, 3.63) is 23.8 Å². The van der Waals surface area contributed by atoms with Crippen LogP contribution >= 0.6 is 0 Å². The second-order valence-electron chi connectivity index (χ2n) is 4.71. The zero-order valence-corrected chi connectivity index (χ0v) is 11.3. The van der Waals surface area contributed by atoms with Crippen LogP contribution in [-0.2, 0) is 11.3 Å². The minimum atomic E-state index is -0.101. The van der Waals surface area contributed by atoms with E-state index in [9.17, 15) is 9.90 Å². The Morgan fingerprint density at radius 2 is 2.37 bits per heavy atom. The van der Waals surface area contributed by atoms with Gasteiger partial charge in [0.25, 0.3) is 0 Å². The minimum absolute atomic E-state index is 0.0416. The number of nitrogens with one attached hydrogen (secondary N) is 1. The number of hydrogen-bond donors (Lipinski definition) is 2. The number of ether oxygens (including phenoxy) is 1. The van der Waals surface area contributed by atoms with Gasteiger partial charge < -0.3 is 15.2 Å². The van der Waals surface area contributed by atoms with Crippen molar-refractivity contribution >= 4 is 5.91 Å². The number of carbonyl (C=O) groups is 1. The van der Waals surface area contributed by atoms with Gasteiger partial charge in [-0.1, -0.05) is 12.1 Å². The van der Waals surface area contributed by atoms with E-state index >= 15 is 0 Å². The van der Waals surface area contributed by atoms with Gasteiger partial charge in [-0.05, 0) is 25.5 Å². The number of nitrogens with zero attached hydrogens (tertiary/aromatic N) is 1. The molecular weight excluding hydrogens is 244 g/mol. The molecule has 19 heavy (non-hydrogen) atoms. The highest BCUT2D eigenvalue weighted by molar-refractivity contribution is 5.81. The molecule has 0 saturated carbocycles. The molecule has 1 unspecified atom stereocenters. The summed E-state index contributed by atoms with van der Waals surface area (Å²) in [7, 11) is 3.18. The molecule has 1 aromatic carbocycles. The molecule has 1 saturated heterocycles. The SMILES string of the molecule is CNC(=O)C1CCCN1Cc1cccc(OC)c1O. The largest absolute Gasteiger partial charge is 0.504 e. The summed E-state index contributed by atoms with van der Waals surface area (Å²) in [6.07, 6.45) is 1.87. The zero-order valence-electron chi connectivity index (χ0n) is 11.3. The maximum Gasteiger partial charge on any atom is 0.237 e. The fraction of sp³-hybridized carbons (Fsp3) is 0.500. The van der Waals surface area contributed by atoms with E-state index in [0.717, 1.165) is 24.9 Å². The molecule has 1 aliphatic heterocycles. The lowest BCUT2D eigenvalue weighted by Gasteiger charge is -2.23. The Morgan fingerprint density at radius 3 is 3.05 bits per heavy atom. The number of hydrogen-bond acceptors (Lipinski definition) is 4. The molecule has 0 bridgehead atoms. The van der Waals surface area contributed by atoms with E-state index in [2.05, 4.69) is 10.2 Å². The number of amides is 1. The number of carbonyl (C=O) groups excluding carboxylic acids is 1. The summed E-state index contributed by atoms with van der Waals surface area (Å²) in [6.45, 7) is 1.43. The first-order chi connectivity index (χ1) is 9.17. The fourth-order valence-corrected chi connectivity index (χ4v) is 2.56. The topological polar surface area (TPSA) is 61.8 Å². The van der Waals surface area contributed by atoms with Crippen molar-refractivity contribution < 1.29 is 14.6 Å². The molecule has 1 amide bonds. The number of benzene rings is 1. The zero-order chi connectivity index (χ0) is 13.8. The molecule has 1 fully saturated rings. The monoisotopic (exact) mass is 264 g/mol. The molecule has 0 radical (unpaired) electrons. The number of methoxy groups -OCH3 is 1. The summed E-state index contributed by atoms with van der Waals surface area (Å²) in [5.41, 5.74) is 0.787. The van der Waals surface area contributed by atoms with Crippen molar-refractivity contribution in [3.63, 3.8) is 0 Å². The smallest absolute Gasteiger partial charge is 0.237 e. The van der Waals surface area contributed by atoms with Crippen LogP contribution < -0.4 is 10.1 Å². The lowest BCUT2D eigenvalue weighted by atomic mass is 10.1. The van der Waals surface area contributed by atoms with Crippen molar-refractivity contribution in [1.82, 2.24) is 10.2 Å². The Kier molecular flexibility index (Phi) is 4.27.